The van der Waals surface area contributed by atoms with Crippen molar-refractivity contribution in [2.24, 2.45) is 46.3 Å². The lowest BCUT2D eigenvalue weighted by Gasteiger charge is -2.58. The third-order valence-corrected chi connectivity index (χ3v) is 14.7. The Morgan fingerprint density at radius 2 is 1.43 bits per heavy atom. The quantitative estimate of drug-likeness (QED) is 0.0744. The zero-order chi connectivity index (χ0) is 34.0. The first kappa shape index (κ1) is 38.7. The lowest BCUT2D eigenvalue weighted by Crippen LogP contribution is -2.52. The van der Waals surface area contributed by atoms with Crippen molar-refractivity contribution in [2.75, 3.05) is 0 Å². The molecule has 0 saturated heterocycles. The molecule has 2 heteroatoms. The number of rotatable bonds is 20. The fraction of sp³-hybridized carbons (Fsp3) is 0.889. The van der Waals surface area contributed by atoms with Crippen molar-refractivity contribution in [3.8, 4) is 0 Å². The number of carbonyl (C=O) groups excluding carboxylic acids is 1. The molecule has 0 spiro atoms. The van der Waals surface area contributed by atoms with Crippen LogP contribution >= 0.6 is 0 Å². The fourth-order valence-electron chi connectivity index (χ4n) is 11.5. The van der Waals surface area contributed by atoms with Crippen LogP contribution in [0.15, 0.2) is 23.3 Å². The van der Waals surface area contributed by atoms with Crippen molar-refractivity contribution in [1.29, 1.82) is 0 Å². The summed E-state index contributed by atoms with van der Waals surface area (Å²) in [6.07, 6.45) is 31.0. The summed E-state index contributed by atoms with van der Waals surface area (Å²) in [5.41, 5.74) is 6.01. The van der Waals surface area contributed by atoms with Gasteiger partial charge in [0.25, 0.3) is 0 Å². The van der Waals surface area contributed by atoms with Crippen LogP contribution in [-0.2, 0) is 9.53 Å². The number of carbonyl (C=O) groups is 1. The highest BCUT2D eigenvalue weighted by atomic mass is 16.5. The number of ether oxygens (including phenoxy) is 1. The van der Waals surface area contributed by atoms with Crippen LogP contribution in [0.25, 0.3) is 0 Å². The predicted octanol–water partition coefficient (Wildman–Crippen LogP) is 14.0. The Balaban J connectivity index is 1.19. The van der Waals surface area contributed by atoms with E-state index in [-0.39, 0.29) is 12.1 Å². The van der Waals surface area contributed by atoms with Crippen molar-refractivity contribution in [2.45, 2.75) is 209 Å². The maximum Gasteiger partial charge on any atom is 0.306 e. The molecular weight excluding hydrogens is 572 g/mol. The van der Waals surface area contributed by atoms with E-state index < -0.39 is 0 Å². The van der Waals surface area contributed by atoms with E-state index in [0.29, 0.717) is 35.0 Å². The van der Waals surface area contributed by atoms with E-state index in [2.05, 4.69) is 55.0 Å². The number of allylic oxidation sites excluding steroid dienone is 3. The number of unbranched alkanes of at least 4 members (excludes halogenated alkanes) is 12. The molecule has 3 saturated carbocycles. The van der Waals surface area contributed by atoms with Gasteiger partial charge in [-0.1, -0.05) is 149 Å². The zero-order valence-electron chi connectivity index (χ0n) is 32.5. The molecule has 4 aliphatic carbocycles. The van der Waals surface area contributed by atoms with Gasteiger partial charge in [-0.3, -0.25) is 4.79 Å². The molecule has 0 aromatic rings. The molecule has 270 valence electrons. The van der Waals surface area contributed by atoms with Crippen LogP contribution in [-0.4, -0.2) is 12.1 Å². The van der Waals surface area contributed by atoms with E-state index in [1.807, 2.05) is 11.1 Å². The molecular formula is C45H78O2. The maximum atomic E-state index is 13.0. The Labute approximate surface area is 293 Å². The van der Waals surface area contributed by atoms with E-state index in [9.17, 15) is 4.79 Å². The Morgan fingerprint density at radius 1 is 0.809 bits per heavy atom. The normalized spacial score (nSPS) is 32.6. The summed E-state index contributed by atoms with van der Waals surface area (Å²) in [5, 5.41) is 0. The Bertz CT molecular complexity index is 1020. The molecule has 3 fully saturated rings. The second kappa shape index (κ2) is 18.3. The fourth-order valence-corrected chi connectivity index (χ4v) is 11.5. The molecule has 4 rings (SSSR count). The van der Waals surface area contributed by atoms with Gasteiger partial charge in [-0.15, -0.1) is 0 Å². The number of esters is 1. The summed E-state index contributed by atoms with van der Waals surface area (Å²) >= 11 is 0. The lowest BCUT2D eigenvalue weighted by molar-refractivity contribution is -0.162. The van der Waals surface area contributed by atoms with Crippen LogP contribution in [0.3, 0.4) is 0 Å². The third-order valence-electron chi connectivity index (χ3n) is 14.7. The van der Waals surface area contributed by atoms with E-state index in [1.165, 1.54) is 140 Å². The summed E-state index contributed by atoms with van der Waals surface area (Å²) in [5.74, 6) is 4.21. The summed E-state index contributed by atoms with van der Waals surface area (Å²) in [6, 6.07) is 0. The highest BCUT2D eigenvalue weighted by Gasteiger charge is 2.57. The van der Waals surface area contributed by atoms with Crippen LogP contribution in [0.5, 0.6) is 0 Å². The van der Waals surface area contributed by atoms with Gasteiger partial charge in [-0.25, -0.2) is 0 Å². The summed E-state index contributed by atoms with van der Waals surface area (Å²) in [7, 11) is 0. The first-order chi connectivity index (χ1) is 22.5. The van der Waals surface area contributed by atoms with Crippen LogP contribution in [0, 0.1) is 46.3 Å². The molecule has 0 aromatic carbocycles. The minimum Gasteiger partial charge on any atom is -0.462 e. The van der Waals surface area contributed by atoms with Gasteiger partial charge >= 0.3 is 5.97 Å². The summed E-state index contributed by atoms with van der Waals surface area (Å²) in [6.45, 7) is 21.5. The lowest BCUT2D eigenvalue weighted by atomic mass is 9.47. The molecule has 0 aliphatic heterocycles. The van der Waals surface area contributed by atoms with E-state index in [0.717, 1.165) is 30.6 Å². The Morgan fingerprint density at radius 3 is 2.04 bits per heavy atom. The summed E-state index contributed by atoms with van der Waals surface area (Å²) < 4.78 is 6.26. The zero-order valence-corrected chi connectivity index (χ0v) is 32.5. The highest BCUT2D eigenvalue weighted by Crippen LogP contribution is 2.66. The standard InChI is InChI=1S/C45H78O2/c1-9-10-11-12-13-14-15-16-17-18-19-20-21-22-43(46)47-42-30-32-45(8)39(36(42)6)26-25-37-40-28-27-38(44(40,7)31-29-41(37)45)35(5)24-23-34(4)33(2)3/h33,35-36,38-39,41-42H,4,9-32H2,1-3,5-8H3/t35-,36+,38-,39+,41+,42+,44-,45+/m1/s1. The molecule has 0 heterocycles. The molecule has 47 heavy (non-hydrogen) atoms. The Hall–Kier alpha value is -1.05. The van der Waals surface area contributed by atoms with Gasteiger partial charge in [-0.05, 0) is 117 Å². The second-order valence-electron chi connectivity index (χ2n) is 18.1. The van der Waals surface area contributed by atoms with Crippen molar-refractivity contribution >= 4 is 5.97 Å². The number of hydrogen-bond donors (Lipinski definition) is 0. The maximum absolute atomic E-state index is 13.0. The molecule has 0 N–H and O–H groups in total. The third kappa shape index (κ3) is 9.60. The first-order valence-electron chi connectivity index (χ1n) is 21.1. The average molecular weight is 651 g/mol. The number of hydrogen-bond acceptors (Lipinski definition) is 2. The van der Waals surface area contributed by atoms with Crippen molar-refractivity contribution in [3.05, 3.63) is 23.3 Å². The number of fused-ring (bicyclic) bond motifs is 4. The van der Waals surface area contributed by atoms with E-state index >= 15 is 0 Å². The van der Waals surface area contributed by atoms with Gasteiger partial charge in [0.2, 0.25) is 0 Å². The van der Waals surface area contributed by atoms with Crippen molar-refractivity contribution < 1.29 is 9.53 Å². The van der Waals surface area contributed by atoms with E-state index in [4.69, 9.17) is 4.74 Å². The largest absolute Gasteiger partial charge is 0.462 e. The molecule has 2 nitrogen and oxygen atoms in total. The minimum atomic E-state index is 0.0728. The second-order valence-corrected chi connectivity index (χ2v) is 18.1. The van der Waals surface area contributed by atoms with Crippen molar-refractivity contribution in [3.63, 3.8) is 0 Å². The molecule has 0 bridgehead atoms. The average Bonchev–Trinajstić information content (AvgIpc) is 3.40. The molecule has 4 aliphatic rings. The molecule has 0 aromatic heterocycles. The van der Waals surface area contributed by atoms with Gasteiger partial charge in [-0.2, -0.15) is 0 Å². The van der Waals surface area contributed by atoms with Crippen LogP contribution in [0.2, 0.25) is 0 Å². The summed E-state index contributed by atoms with van der Waals surface area (Å²) in [4.78, 5) is 13.0. The molecule has 0 unspecified atom stereocenters. The van der Waals surface area contributed by atoms with Crippen LogP contribution < -0.4 is 0 Å². The SMILES string of the molecule is C=C(CC[C@@H](C)[C@H]1CCC2=C3CC[C@H]4[C@H](C)[C@@H](OC(=O)CCCCCCCCCCCCCCC)CC[C@]4(C)[C@H]3CC[C@@]21C)C(C)C. The highest BCUT2D eigenvalue weighted by molar-refractivity contribution is 5.69. The van der Waals surface area contributed by atoms with Crippen molar-refractivity contribution in [1.82, 2.24) is 0 Å². The monoisotopic (exact) mass is 651 g/mol. The topological polar surface area (TPSA) is 26.3 Å². The smallest absolute Gasteiger partial charge is 0.306 e. The minimum absolute atomic E-state index is 0.0728. The van der Waals surface area contributed by atoms with Gasteiger partial charge in [0, 0.05) is 6.42 Å². The van der Waals surface area contributed by atoms with E-state index in [1.54, 1.807) is 0 Å². The van der Waals surface area contributed by atoms with Gasteiger partial charge in [0.05, 0.1) is 0 Å². The van der Waals surface area contributed by atoms with Crippen LogP contribution in [0.1, 0.15) is 203 Å². The predicted molar refractivity (Wildman–Crippen MR) is 202 cm³/mol. The van der Waals surface area contributed by atoms with Gasteiger partial charge < -0.3 is 4.74 Å². The molecule has 0 amide bonds. The molecule has 8 atom stereocenters. The first-order valence-corrected chi connectivity index (χ1v) is 21.1. The van der Waals surface area contributed by atoms with Crippen LogP contribution in [0.4, 0.5) is 0 Å². The Kier molecular flexibility index (Phi) is 15.1. The van der Waals surface area contributed by atoms with Gasteiger partial charge in [0.1, 0.15) is 6.10 Å². The molecule has 0 radical (unpaired) electrons. The van der Waals surface area contributed by atoms with Gasteiger partial charge in [0.15, 0.2) is 0 Å².